The summed E-state index contributed by atoms with van der Waals surface area (Å²) in [7, 11) is 3.16. The fourth-order valence-corrected chi connectivity index (χ4v) is 3.30. The molecule has 0 aliphatic rings. The van der Waals surface area contributed by atoms with Gasteiger partial charge in [0.25, 0.3) is 0 Å². The summed E-state index contributed by atoms with van der Waals surface area (Å²) in [5.41, 5.74) is 2.33. The Bertz CT molecular complexity index is 949. The molecule has 138 valence electrons. The van der Waals surface area contributed by atoms with Crippen LogP contribution in [0.2, 0.25) is 0 Å². The number of nitrogens with zero attached hydrogens (tertiary/aromatic N) is 1. The van der Waals surface area contributed by atoms with Crippen molar-refractivity contribution in [1.29, 1.82) is 0 Å². The van der Waals surface area contributed by atoms with Crippen molar-refractivity contribution in [2.75, 3.05) is 14.2 Å². The summed E-state index contributed by atoms with van der Waals surface area (Å²) >= 11 is 1.43. The van der Waals surface area contributed by atoms with Gasteiger partial charge in [0.2, 0.25) is 0 Å². The first-order valence-electron chi connectivity index (χ1n) is 8.04. The summed E-state index contributed by atoms with van der Waals surface area (Å²) in [6.07, 6.45) is 0.721. The Kier molecular flexibility index (Phi) is 5.83. The Balaban J connectivity index is 1.71. The largest absolute Gasteiger partial charge is 0.493 e. The second-order valence-corrected chi connectivity index (χ2v) is 6.36. The molecule has 0 saturated heterocycles. The fourth-order valence-electron chi connectivity index (χ4n) is 2.47. The molecule has 0 saturated carbocycles. The minimum absolute atomic E-state index is 0.0526. The molecule has 0 bridgehead atoms. The van der Waals surface area contributed by atoms with Crippen molar-refractivity contribution in [3.05, 3.63) is 64.7 Å². The van der Waals surface area contributed by atoms with Crippen molar-refractivity contribution in [2.24, 2.45) is 0 Å². The summed E-state index contributed by atoms with van der Waals surface area (Å²) in [5, 5.41) is 2.57. The van der Waals surface area contributed by atoms with E-state index in [2.05, 4.69) is 4.98 Å². The smallest absolute Gasteiger partial charge is 0.338 e. The van der Waals surface area contributed by atoms with Crippen molar-refractivity contribution in [2.45, 2.75) is 6.61 Å². The molecular formula is C20H17NO5S. The minimum atomic E-state index is -0.471. The number of thiazole rings is 1. The molecule has 0 spiro atoms. The zero-order valence-corrected chi connectivity index (χ0v) is 15.6. The average molecular weight is 383 g/mol. The lowest BCUT2D eigenvalue weighted by atomic mass is 10.1. The predicted octanol–water partition coefficient (Wildman–Crippen LogP) is 4.00. The van der Waals surface area contributed by atoms with Crippen LogP contribution in [0.4, 0.5) is 0 Å². The summed E-state index contributed by atoms with van der Waals surface area (Å²) in [6.45, 7) is 0.0526. The number of methoxy groups -OCH3 is 2. The second-order valence-electron chi connectivity index (χ2n) is 5.50. The molecule has 0 unspecified atom stereocenters. The van der Waals surface area contributed by atoms with E-state index in [1.807, 2.05) is 23.6 Å². The maximum atomic E-state index is 12.1. The molecule has 0 N–H and O–H groups in total. The maximum absolute atomic E-state index is 12.1. The molecular weight excluding hydrogens is 366 g/mol. The van der Waals surface area contributed by atoms with E-state index < -0.39 is 5.97 Å². The fraction of sp³-hybridized carbons (Fsp3) is 0.150. The lowest BCUT2D eigenvalue weighted by Crippen LogP contribution is -2.05. The molecule has 0 aliphatic heterocycles. The number of hydrogen-bond donors (Lipinski definition) is 0. The van der Waals surface area contributed by atoms with Crippen LogP contribution in [0, 0.1) is 0 Å². The molecule has 6 nitrogen and oxygen atoms in total. The lowest BCUT2D eigenvalue weighted by Gasteiger charge is -2.10. The number of carbonyl (C=O) groups is 2. The third-order valence-electron chi connectivity index (χ3n) is 3.82. The van der Waals surface area contributed by atoms with Crippen molar-refractivity contribution in [3.63, 3.8) is 0 Å². The van der Waals surface area contributed by atoms with Gasteiger partial charge >= 0.3 is 5.97 Å². The van der Waals surface area contributed by atoms with E-state index >= 15 is 0 Å². The first-order chi connectivity index (χ1) is 13.2. The Hall–Kier alpha value is -3.19. The highest BCUT2D eigenvalue weighted by Crippen LogP contribution is 2.39. The van der Waals surface area contributed by atoms with Crippen LogP contribution in [0.15, 0.2) is 47.8 Å². The third kappa shape index (κ3) is 4.15. The van der Waals surface area contributed by atoms with Crippen molar-refractivity contribution in [1.82, 2.24) is 4.98 Å². The molecule has 0 aliphatic carbocycles. The number of esters is 1. The first kappa shape index (κ1) is 18.6. The number of rotatable bonds is 7. The van der Waals surface area contributed by atoms with Gasteiger partial charge in [-0.25, -0.2) is 9.78 Å². The van der Waals surface area contributed by atoms with Gasteiger partial charge in [-0.1, -0.05) is 18.2 Å². The summed E-state index contributed by atoms with van der Waals surface area (Å²) < 4.78 is 16.0. The number of carbonyl (C=O) groups excluding carboxylic acids is 2. The zero-order valence-electron chi connectivity index (χ0n) is 14.8. The van der Waals surface area contributed by atoms with Crippen LogP contribution >= 0.6 is 11.3 Å². The third-order valence-corrected chi connectivity index (χ3v) is 4.74. The Labute approximate surface area is 160 Å². The molecule has 0 amide bonds. The van der Waals surface area contributed by atoms with Crippen molar-refractivity contribution >= 4 is 23.6 Å². The molecule has 1 heterocycles. The van der Waals surface area contributed by atoms with Crippen LogP contribution < -0.4 is 9.47 Å². The topological polar surface area (TPSA) is 74.7 Å². The summed E-state index contributed by atoms with van der Waals surface area (Å²) in [5.74, 6) is 0.756. The van der Waals surface area contributed by atoms with Gasteiger partial charge in [0.05, 0.1) is 31.0 Å². The first-order valence-corrected chi connectivity index (χ1v) is 8.92. The number of benzene rings is 2. The van der Waals surface area contributed by atoms with Gasteiger partial charge in [0.15, 0.2) is 11.5 Å². The van der Waals surface area contributed by atoms with Crippen LogP contribution in [0.3, 0.4) is 0 Å². The number of ether oxygens (including phenoxy) is 3. The molecule has 7 heteroatoms. The lowest BCUT2D eigenvalue weighted by molar-refractivity contribution is 0.0468. The SMILES string of the molecule is COc1cccc(-c2nc(COC(=O)c3ccc(C=O)cc3)cs2)c1OC. The maximum Gasteiger partial charge on any atom is 0.338 e. The zero-order chi connectivity index (χ0) is 19.2. The Morgan fingerprint density at radius 1 is 1.11 bits per heavy atom. The molecule has 0 radical (unpaired) electrons. The van der Waals surface area contributed by atoms with E-state index in [0.29, 0.717) is 28.3 Å². The van der Waals surface area contributed by atoms with E-state index in [0.717, 1.165) is 16.9 Å². The quantitative estimate of drug-likeness (QED) is 0.454. The van der Waals surface area contributed by atoms with Gasteiger partial charge in [-0.05, 0) is 24.3 Å². The van der Waals surface area contributed by atoms with E-state index in [1.165, 1.54) is 11.3 Å². The number of para-hydroxylation sites is 1. The van der Waals surface area contributed by atoms with Crippen LogP contribution in [0.25, 0.3) is 10.6 Å². The van der Waals surface area contributed by atoms with E-state index in [9.17, 15) is 9.59 Å². The highest BCUT2D eigenvalue weighted by atomic mass is 32.1. The molecule has 3 aromatic rings. The standard InChI is InChI=1S/C20H17NO5S/c1-24-17-5-3-4-16(18(17)25-2)19-21-15(12-27-19)11-26-20(23)14-8-6-13(10-22)7-9-14/h3-10,12H,11H2,1-2H3. The van der Waals surface area contributed by atoms with Gasteiger partial charge in [-0.15, -0.1) is 11.3 Å². The second kappa shape index (κ2) is 8.46. The molecule has 2 aromatic carbocycles. The van der Waals surface area contributed by atoms with Crippen LogP contribution in [0.1, 0.15) is 26.4 Å². The van der Waals surface area contributed by atoms with E-state index in [1.54, 1.807) is 38.5 Å². The van der Waals surface area contributed by atoms with Gasteiger partial charge in [-0.2, -0.15) is 0 Å². The highest BCUT2D eigenvalue weighted by Gasteiger charge is 2.15. The van der Waals surface area contributed by atoms with Crippen molar-refractivity contribution in [3.8, 4) is 22.1 Å². The molecule has 0 atom stereocenters. The molecule has 0 fully saturated rings. The number of aromatic nitrogens is 1. The Morgan fingerprint density at radius 3 is 2.56 bits per heavy atom. The van der Waals surface area contributed by atoms with Crippen LogP contribution in [-0.4, -0.2) is 31.5 Å². The molecule has 3 rings (SSSR count). The normalized spacial score (nSPS) is 10.3. The van der Waals surface area contributed by atoms with Gasteiger partial charge in [-0.3, -0.25) is 4.79 Å². The monoisotopic (exact) mass is 383 g/mol. The van der Waals surface area contributed by atoms with Crippen LogP contribution in [0.5, 0.6) is 11.5 Å². The minimum Gasteiger partial charge on any atom is -0.493 e. The number of aldehydes is 1. The summed E-state index contributed by atoms with van der Waals surface area (Å²) in [4.78, 5) is 27.3. The van der Waals surface area contributed by atoms with E-state index in [4.69, 9.17) is 14.2 Å². The summed E-state index contributed by atoms with van der Waals surface area (Å²) in [6, 6.07) is 11.8. The van der Waals surface area contributed by atoms with Gasteiger partial charge in [0, 0.05) is 10.9 Å². The predicted molar refractivity (Wildman–Crippen MR) is 102 cm³/mol. The van der Waals surface area contributed by atoms with Gasteiger partial charge in [0.1, 0.15) is 17.9 Å². The van der Waals surface area contributed by atoms with Gasteiger partial charge < -0.3 is 14.2 Å². The Morgan fingerprint density at radius 2 is 1.89 bits per heavy atom. The van der Waals surface area contributed by atoms with Crippen molar-refractivity contribution < 1.29 is 23.8 Å². The number of hydrogen-bond acceptors (Lipinski definition) is 7. The molecule has 27 heavy (non-hydrogen) atoms. The molecule has 1 aromatic heterocycles. The average Bonchev–Trinajstić information content (AvgIpc) is 3.20. The van der Waals surface area contributed by atoms with E-state index in [-0.39, 0.29) is 6.61 Å². The van der Waals surface area contributed by atoms with Crippen LogP contribution in [-0.2, 0) is 11.3 Å². The highest BCUT2D eigenvalue weighted by molar-refractivity contribution is 7.13.